The van der Waals surface area contributed by atoms with E-state index in [0.29, 0.717) is 17.7 Å². The first-order chi connectivity index (χ1) is 10.0. The number of hydrogen-bond acceptors (Lipinski definition) is 1. The molecule has 4 heteroatoms. The van der Waals surface area contributed by atoms with Crippen molar-refractivity contribution in [3.63, 3.8) is 0 Å². The van der Waals surface area contributed by atoms with Gasteiger partial charge in [-0.3, -0.25) is 4.79 Å². The van der Waals surface area contributed by atoms with Crippen LogP contribution in [0.15, 0.2) is 42.5 Å². The SMILES string of the molecule is CC[C@@H](C)c1ccc(NC(=O)c2ccc(F)cc2F)cc1. The number of benzene rings is 2. The van der Waals surface area contributed by atoms with Gasteiger partial charge in [-0.25, -0.2) is 8.78 Å². The summed E-state index contributed by atoms with van der Waals surface area (Å²) in [6.07, 6.45) is 1.03. The van der Waals surface area contributed by atoms with Crippen LogP contribution in [0.3, 0.4) is 0 Å². The van der Waals surface area contributed by atoms with Gasteiger partial charge in [0.25, 0.3) is 5.91 Å². The highest BCUT2D eigenvalue weighted by Gasteiger charge is 2.12. The summed E-state index contributed by atoms with van der Waals surface area (Å²) in [5.41, 5.74) is 1.58. The highest BCUT2D eigenvalue weighted by molar-refractivity contribution is 6.04. The minimum atomic E-state index is -0.872. The molecule has 1 N–H and O–H groups in total. The van der Waals surface area contributed by atoms with Crippen molar-refractivity contribution >= 4 is 11.6 Å². The molecule has 2 aromatic carbocycles. The minimum absolute atomic E-state index is 0.178. The number of amides is 1. The number of rotatable bonds is 4. The molecule has 110 valence electrons. The van der Waals surface area contributed by atoms with Crippen LogP contribution in [0.2, 0.25) is 0 Å². The van der Waals surface area contributed by atoms with Crippen molar-refractivity contribution in [3.8, 4) is 0 Å². The van der Waals surface area contributed by atoms with E-state index in [1.807, 2.05) is 12.1 Å². The van der Waals surface area contributed by atoms with Crippen molar-refractivity contribution in [2.75, 3.05) is 5.32 Å². The molecule has 0 aliphatic rings. The molecule has 21 heavy (non-hydrogen) atoms. The van der Waals surface area contributed by atoms with Gasteiger partial charge < -0.3 is 5.32 Å². The third-order valence-corrected chi connectivity index (χ3v) is 3.53. The van der Waals surface area contributed by atoms with Crippen LogP contribution in [-0.2, 0) is 0 Å². The number of carbonyl (C=O) groups excluding carboxylic acids is 1. The first-order valence-corrected chi connectivity index (χ1v) is 6.87. The zero-order chi connectivity index (χ0) is 15.4. The van der Waals surface area contributed by atoms with Gasteiger partial charge in [0, 0.05) is 11.8 Å². The van der Waals surface area contributed by atoms with E-state index in [1.165, 1.54) is 5.56 Å². The Morgan fingerprint density at radius 2 is 1.81 bits per heavy atom. The molecule has 0 heterocycles. The maximum Gasteiger partial charge on any atom is 0.258 e. The molecule has 0 fully saturated rings. The molecule has 0 aromatic heterocycles. The fourth-order valence-electron chi connectivity index (χ4n) is 2.00. The second-order valence-electron chi connectivity index (χ2n) is 5.01. The molecule has 1 amide bonds. The van der Waals surface area contributed by atoms with Gasteiger partial charge in [0.2, 0.25) is 0 Å². The van der Waals surface area contributed by atoms with Gasteiger partial charge in [-0.1, -0.05) is 26.0 Å². The molecule has 0 aliphatic carbocycles. The topological polar surface area (TPSA) is 29.1 Å². The quantitative estimate of drug-likeness (QED) is 0.866. The summed E-state index contributed by atoms with van der Waals surface area (Å²) in [6.45, 7) is 4.24. The van der Waals surface area contributed by atoms with E-state index in [0.717, 1.165) is 18.6 Å². The summed E-state index contributed by atoms with van der Waals surface area (Å²) in [7, 11) is 0. The number of anilines is 1. The zero-order valence-electron chi connectivity index (χ0n) is 12.0. The number of carbonyl (C=O) groups is 1. The van der Waals surface area contributed by atoms with E-state index in [2.05, 4.69) is 19.2 Å². The lowest BCUT2D eigenvalue weighted by molar-refractivity contribution is 0.102. The van der Waals surface area contributed by atoms with Gasteiger partial charge in [0.05, 0.1) is 5.56 Å². The highest BCUT2D eigenvalue weighted by atomic mass is 19.1. The molecule has 2 nitrogen and oxygen atoms in total. The Morgan fingerprint density at radius 1 is 1.14 bits per heavy atom. The Bertz CT molecular complexity index is 638. The van der Waals surface area contributed by atoms with Crippen molar-refractivity contribution in [1.82, 2.24) is 0 Å². The van der Waals surface area contributed by atoms with Crippen molar-refractivity contribution in [2.24, 2.45) is 0 Å². The number of hydrogen-bond donors (Lipinski definition) is 1. The Hall–Kier alpha value is -2.23. The number of halogens is 2. The van der Waals surface area contributed by atoms with Crippen LogP contribution in [0.1, 0.15) is 42.1 Å². The average molecular weight is 289 g/mol. The summed E-state index contributed by atoms with van der Waals surface area (Å²) in [5.74, 6) is -1.72. The van der Waals surface area contributed by atoms with E-state index in [-0.39, 0.29) is 5.56 Å². The molecule has 1 atom stereocenters. The van der Waals surface area contributed by atoms with Crippen molar-refractivity contribution in [2.45, 2.75) is 26.2 Å². The van der Waals surface area contributed by atoms with Gasteiger partial charge in [-0.05, 0) is 42.2 Å². The van der Waals surface area contributed by atoms with Crippen LogP contribution < -0.4 is 5.32 Å². The largest absolute Gasteiger partial charge is 0.322 e. The predicted molar refractivity (Wildman–Crippen MR) is 79.5 cm³/mol. The second kappa shape index (κ2) is 6.48. The van der Waals surface area contributed by atoms with Crippen LogP contribution in [0.4, 0.5) is 14.5 Å². The molecule has 0 saturated carbocycles. The van der Waals surface area contributed by atoms with Crippen molar-refractivity contribution in [1.29, 1.82) is 0 Å². The first kappa shape index (κ1) is 15.2. The third-order valence-electron chi connectivity index (χ3n) is 3.53. The lowest BCUT2D eigenvalue weighted by atomic mass is 9.98. The summed E-state index contributed by atoms with van der Waals surface area (Å²) < 4.78 is 26.3. The van der Waals surface area contributed by atoms with Crippen LogP contribution >= 0.6 is 0 Å². The van der Waals surface area contributed by atoms with Crippen LogP contribution in [0.25, 0.3) is 0 Å². The van der Waals surface area contributed by atoms with Gasteiger partial charge in [-0.15, -0.1) is 0 Å². The minimum Gasteiger partial charge on any atom is -0.322 e. The van der Waals surface area contributed by atoms with E-state index < -0.39 is 17.5 Å². The van der Waals surface area contributed by atoms with E-state index in [1.54, 1.807) is 12.1 Å². The average Bonchev–Trinajstić information content (AvgIpc) is 2.47. The molecule has 0 bridgehead atoms. The van der Waals surface area contributed by atoms with Crippen LogP contribution in [0.5, 0.6) is 0 Å². The monoisotopic (exact) mass is 289 g/mol. The van der Waals surface area contributed by atoms with E-state index in [4.69, 9.17) is 0 Å². The Balaban J connectivity index is 2.12. The standard InChI is InChI=1S/C17H17F2NO/c1-3-11(2)12-4-7-14(8-5-12)20-17(21)15-9-6-13(18)10-16(15)19/h4-11H,3H2,1-2H3,(H,20,21)/t11-/m1/s1. The third kappa shape index (κ3) is 3.66. The molecular formula is C17H17F2NO. The molecule has 0 saturated heterocycles. The second-order valence-corrected chi connectivity index (χ2v) is 5.01. The highest BCUT2D eigenvalue weighted by Crippen LogP contribution is 2.21. The first-order valence-electron chi connectivity index (χ1n) is 6.87. The Morgan fingerprint density at radius 3 is 2.38 bits per heavy atom. The van der Waals surface area contributed by atoms with E-state index in [9.17, 15) is 13.6 Å². The van der Waals surface area contributed by atoms with Crippen molar-refractivity contribution < 1.29 is 13.6 Å². The van der Waals surface area contributed by atoms with E-state index >= 15 is 0 Å². The summed E-state index contributed by atoms with van der Waals surface area (Å²) in [5, 5.41) is 2.60. The lowest BCUT2D eigenvalue weighted by Gasteiger charge is -2.10. The maximum atomic E-state index is 13.5. The summed E-state index contributed by atoms with van der Waals surface area (Å²) >= 11 is 0. The number of nitrogens with one attached hydrogen (secondary N) is 1. The molecule has 0 radical (unpaired) electrons. The smallest absolute Gasteiger partial charge is 0.258 e. The van der Waals surface area contributed by atoms with Crippen molar-refractivity contribution in [3.05, 3.63) is 65.2 Å². The van der Waals surface area contributed by atoms with Gasteiger partial charge in [0.1, 0.15) is 11.6 Å². The summed E-state index contributed by atoms with van der Waals surface area (Å²) in [4.78, 5) is 11.9. The molecule has 0 aliphatic heterocycles. The molecule has 2 aromatic rings. The Labute approximate surface area is 122 Å². The van der Waals surface area contributed by atoms with Gasteiger partial charge in [-0.2, -0.15) is 0 Å². The molecule has 0 unspecified atom stereocenters. The molecule has 0 spiro atoms. The van der Waals surface area contributed by atoms with Gasteiger partial charge in [0.15, 0.2) is 0 Å². The van der Waals surface area contributed by atoms with Gasteiger partial charge >= 0.3 is 0 Å². The fourth-order valence-corrected chi connectivity index (χ4v) is 2.00. The maximum absolute atomic E-state index is 13.5. The van der Waals surface area contributed by atoms with Crippen LogP contribution in [-0.4, -0.2) is 5.91 Å². The fraction of sp³-hybridized carbons (Fsp3) is 0.235. The normalized spacial score (nSPS) is 12.0. The Kier molecular flexibility index (Phi) is 4.68. The zero-order valence-corrected chi connectivity index (χ0v) is 12.0. The summed E-state index contributed by atoms with van der Waals surface area (Å²) in [6, 6.07) is 10.3. The van der Waals surface area contributed by atoms with Crippen LogP contribution in [0, 0.1) is 11.6 Å². The predicted octanol–water partition coefficient (Wildman–Crippen LogP) is 4.73. The molecule has 2 rings (SSSR count). The molecular weight excluding hydrogens is 272 g/mol. The lowest BCUT2D eigenvalue weighted by Crippen LogP contribution is -2.14.